The average Bonchev–Trinajstić information content (AvgIpc) is 2.09. The van der Waals surface area contributed by atoms with Crippen LogP contribution in [0.3, 0.4) is 0 Å². The third-order valence-corrected chi connectivity index (χ3v) is 1.32. The van der Waals surface area contributed by atoms with E-state index in [1.165, 1.54) is 0 Å². The fourth-order valence-electron chi connectivity index (χ4n) is 0.678. The van der Waals surface area contributed by atoms with Gasteiger partial charge in [0, 0.05) is 7.11 Å². The zero-order valence-corrected chi connectivity index (χ0v) is 7.62. The second-order valence-corrected chi connectivity index (χ2v) is 2.41. The Labute approximate surface area is 72.8 Å². The Hall–Kier alpha value is -0.450. The third kappa shape index (κ3) is 7.65. The van der Waals surface area contributed by atoms with Crippen molar-refractivity contribution >= 4 is 6.29 Å². The van der Waals surface area contributed by atoms with E-state index in [0.717, 1.165) is 12.7 Å². The minimum atomic E-state index is 0.0621. The van der Waals surface area contributed by atoms with Crippen LogP contribution in [0.5, 0.6) is 0 Å². The molecule has 0 amide bonds. The van der Waals surface area contributed by atoms with E-state index in [2.05, 4.69) is 4.74 Å². The summed E-state index contributed by atoms with van der Waals surface area (Å²) in [6, 6.07) is 0. The van der Waals surface area contributed by atoms with Crippen LogP contribution < -0.4 is 0 Å². The molecule has 1 atom stereocenters. The molecule has 1 unspecified atom stereocenters. The Morgan fingerprint density at radius 3 is 2.83 bits per heavy atom. The molecule has 0 aliphatic heterocycles. The number of hydrogen-bond acceptors (Lipinski definition) is 4. The molecule has 0 spiro atoms. The predicted molar refractivity (Wildman–Crippen MR) is 43.9 cm³/mol. The van der Waals surface area contributed by atoms with E-state index in [4.69, 9.17) is 9.47 Å². The van der Waals surface area contributed by atoms with Gasteiger partial charge in [0.25, 0.3) is 0 Å². The SMILES string of the molecule is COCOCCC(C)OCC=O. The first kappa shape index (κ1) is 11.6. The number of rotatable bonds is 8. The molecule has 0 aromatic heterocycles. The topological polar surface area (TPSA) is 44.8 Å². The monoisotopic (exact) mass is 176 g/mol. The number of methoxy groups -OCH3 is 1. The Morgan fingerprint density at radius 2 is 2.25 bits per heavy atom. The molecule has 4 nitrogen and oxygen atoms in total. The highest BCUT2D eigenvalue weighted by Crippen LogP contribution is 1.96. The van der Waals surface area contributed by atoms with E-state index in [9.17, 15) is 4.79 Å². The lowest BCUT2D eigenvalue weighted by Gasteiger charge is -2.10. The molecule has 0 aromatic rings. The van der Waals surface area contributed by atoms with Gasteiger partial charge in [-0.1, -0.05) is 0 Å². The number of hydrogen-bond donors (Lipinski definition) is 0. The molecule has 0 bridgehead atoms. The zero-order valence-electron chi connectivity index (χ0n) is 7.62. The highest BCUT2D eigenvalue weighted by atomic mass is 16.7. The summed E-state index contributed by atoms with van der Waals surface area (Å²) in [5, 5.41) is 0. The zero-order chi connectivity index (χ0) is 9.23. The van der Waals surface area contributed by atoms with E-state index in [-0.39, 0.29) is 12.7 Å². The first-order chi connectivity index (χ1) is 5.81. The van der Waals surface area contributed by atoms with Crippen molar-refractivity contribution in [2.45, 2.75) is 19.4 Å². The Kier molecular flexibility index (Phi) is 8.32. The van der Waals surface area contributed by atoms with Crippen molar-refractivity contribution in [2.24, 2.45) is 0 Å². The van der Waals surface area contributed by atoms with Crippen LogP contribution in [0.1, 0.15) is 13.3 Å². The van der Waals surface area contributed by atoms with Crippen LogP contribution in [0.2, 0.25) is 0 Å². The van der Waals surface area contributed by atoms with E-state index >= 15 is 0 Å². The second kappa shape index (κ2) is 8.64. The smallest absolute Gasteiger partial charge is 0.146 e. The van der Waals surface area contributed by atoms with Crippen LogP contribution >= 0.6 is 0 Å². The van der Waals surface area contributed by atoms with Crippen molar-refractivity contribution in [3.63, 3.8) is 0 Å². The molecule has 72 valence electrons. The molecule has 0 fully saturated rings. The van der Waals surface area contributed by atoms with Gasteiger partial charge < -0.3 is 19.0 Å². The van der Waals surface area contributed by atoms with E-state index in [1.54, 1.807) is 7.11 Å². The molecule has 0 aliphatic rings. The Bertz CT molecular complexity index is 105. The normalized spacial score (nSPS) is 12.8. The number of carbonyl (C=O) groups is 1. The van der Waals surface area contributed by atoms with Gasteiger partial charge in [-0.25, -0.2) is 0 Å². The minimum absolute atomic E-state index is 0.0621. The highest BCUT2D eigenvalue weighted by molar-refractivity contribution is 5.50. The molecule has 12 heavy (non-hydrogen) atoms. The summed E-state index contributed by atoms with van der Waals surface area (Å²) in [5.41, 5.74) is 0. The van der Waals surface area contributed by atoms with Crippen molar-refractivity contribution < 1.29 is 19.0 Å². The van der Waals surface area contributed by atoms with Crippen LogP contribution in [0, 0.1) is 0 Å². The fraction of sp³-hybridized carbons (Fsp3) is 0.875. The van der Waals surface area contributed by atoms with Crippen molar-refractivity contribution in [1.29, 1.82) is 0 Å². The lowest BCUT2D eigenvalue weighted by atomic mass is 10.3. The molecule has 0 aliphatic carbocycles. The van der Waals surface area contributed by atoms with E-state index < -0.39 is 0 Å². The summed E-state index contributed by atoms with van der Waals surface area (Å²) in [5.74, 6) is 0. The molecular weight excluding hydrogens is 160 g/mol. The van der Waals surface area contributed by atoms with Gasteiger partial charge in [-0.05, 0) is 13.3 Å². The van der Waals surface area contributed by atoms with Crippen LogP contribution in [-0.2, 0) is 19.0 Å². The van der Waals surface area contributed by atoms with E-state index in [0.29, 0.717) is 13.4 Å². The Balaban J connectivity index is 3.07. The molecule has 0 radical (unpaired) electrons. The summed E-state index contributed by atoms with van der Waals surface area (Å²) in [6.07, 6.45) is 1.58. The van der Waals surface area contributed by atoms with Crippen LogP contribution in [-0.4, -0.2) is 39.5 Å². The molecule has 0 saturated heterocycles. The summed E-state index contributed by atoms with van der Waals surface area (Å²) < 4.78 is 14.8. The second-order valence-electron chi connectivity index (χ2n) is 2.41. The molecule has 0 heterocycles. The average molecular weight is 176 g/mol. The predicted octanol–water partition coefficient (Wildman–Crippen LogP) is 0.601. The van der Waals surface area contributed by atoms with Crippen LogP contribution in [0.15, 0.2) is 0 Å². The van der Waals surface area contributed by atoms with Crippen molar-refractivity contribution in [3.8, 4) is 0 Å². The van der Waals surface area contributed by atoms with Crippen LogP contribution in [0.4, 0.5) is 0 Å². The highest BCUT2D eigenvalue weighted by Gasteiger charge is 2.00. The summed E-state index contributed by atoms with van der Waals surface area (Å²) in [4.78, 5) is 9.91. The van der Waals surface area contributed by atoms with E-state index in [1.807, 2.05) is 6.92 Å². The van der Waals surface area contributed by atoms with Gasteiger partial charge >= 0.3 is 0 Å². The van der Waals surface area contributed by atoms with Gasteiger partial charge in [0.2, 0.25) is 0 Å². The fourth-order valence-corrected chi connectivity index (χ4v) is 0.678. The Morgan fingerprint density at radius 1 is 1.50 bits per heavy atom. The van der Waals surface area contributed by atoms with Crippen molar-refractivity contribution in [2.75, 3.05) is 27.1 Å². The minimum Gasteiger partial charge on any atom is -0.371 e. The first-order valence-electron chi connectivity index (χ1n) is 3.93. The lowest BCUT2D eigenvalue weighted by Crippen LogP contribution is -2.13. The van der Waals surface area contributed by atoms with Gasteiger partial charge in [0.05, 0.1) is 12.7 Å². The summed E-state index contributed by atoms with van der Waals surface area (Å²) in [7, 11) is 1.58. The van der Waals surface area contributed by atoms with Gasteiger partial charge in [-0.2, -0.15) is 0 Å². The molecule has 0 rings (SSSR count). The number of ether oxygens (including phenoxy) is 3. The van der Waals surface area contributed by atoms with Gasteiger partial charge in [0.1, 0.15) is 19.7 Å². The molecule has 4 heteroatoms. The van der Waals surface area contributed by atoms with Crippen molar-refractivity contribution in [1.82, 2.24) is 0 Å². The lowest BCUT2D eigenvalue weighted by molar-refractivity contribution is -0.114. The first-order valence-corrected chi connectivity index (χ1v) is 3.93. The molecule has 0 aromatic carbocycles. The standard InChI is InChI=1S/C8H16O4/c1-8(12-6-4-9)3-5-11-7-10-2/h4,8H,3,5-7H2,1-2H3. The molecular formula is C8H16O4. The van der Waals surface area contributed by atoms with Gasteiger partial charge in [-0.3, -0.25) is 0 Å². The largest absolute Gasteiger partial charge is 0.371 e. The maximum atomic E-state index is 9.91. The third-order valence-electron chi connectivity index (χ3n) is 1.32. The van der Waals surface area contributed by atoms with Gasteiger partial charge in [0.15, 0.2) is 0 Å². The maximum absolute atomic E-state index is 9.91. The van der Waals surface area contributed by atoms with Crippen LogP contribution in [0.25, 0.3) is 0 Å². The molecule has 0 N–H and O–H groups in total. The quantitative estimate of drug-likeness (QED) is 0.308. The number of carbonyl (C=O) groups excluding carboxylic acids is 1. The summed E-state index contributed by atoms with van der Waals surface area (Å²) in [6.45, 7) is 2.96. The van der Waals surface area contributed by atoms with Crippen molar-refractivity contribution in [3.05, 3.63) is 0 Å². The maximum Gasteiger partial charge on any atom is 0.146 e. The van der Waals surface area contributed by atoms with Gasteiger partial charge in [-0.15, -0.1) is 0 Å². The summed E-state index contributed by atoms with van der Waals surface area (Å²) >= 11 is 0. The number of aldehydes is 1. The molecule has 0 saturated carbocycles.